The molecule has 0 spiro atoms. The van der Waals surface area contributed by atoms with Gasteiger partial charge in [0.25, 0.3) is 0 Å². The Morgan fingerprint density at radius 1 is 1.35 bits per heavy atom. The third-order valence-electron chi connectivity index (χ3n) is 4.99. The summed E-state index contributed by atoms with van der Waals surface area (Å²) in [7, 11) is 0. The molecule has 0 radical (unpaired) electrons. The summed E-state index contributed by atoms with van der Waals surface area (Å²) in [4.78, 5) is 0. The van der Waals surface area contributed by atoms with Gasteiger partial charge in [-0.2, -0.15) is 0 Å². The van der Waals surface area contributed by atoms with Crippen LogP contribution in [0.1, 0.15) is 45.4 Å². The largest absolute Gasteiger partial charge is 0.377 e. The lowest BCUT2D eigenvalue weighted by Crippen LogP contribution is -2.43. The fourth-order valence-electron chi connectivity index (χ4n) is 3.99. The molecule has 0 aromatic rings. The zero-order valence-corrected chi connectivity index (χ0v) is 11.0. The van der Waals surface area contributed by atoms with Crippen molar-refractivity contribution in [2.75, 3.05) is 6.61 Å². The van der Waals surface area contributed by atoms with Gasteiger partial charge in [0, 0.05) is 12.5 Å². The molecule has 1 heterocycles. The highest BCUT2D eigenvalue weighted by molar-refractivity contribution is 5.13. The van der Waals surface area contributed by atoms with Gasteiger partial charge in [-0.25, -0.2) is 0 Å². The molecule has 4 atom stereocenters. The van der Waals surface area contributed by atoms with Crippen LogP contribution < -0.4 is 0 Å². The molecule has 2 aliphatic carbocycles. The highest BCUT2D eigenvalue weighted by Gasteiger charge is 2.40. The molecule has 3 aliphatic rings. The summed E-state index contributed by atoms with van der Waals surface area (Å²) in [5, 5.41) is 0. The van der Waals surface area contributed by atoms with Crippen LogP contribution in [0.3, 0.4) is 0 Å². The van der Waals surface area contributed by atoms with Gasteiger partial charge >= 0.3 is 0 Å². The van der Waals surface area contributed by atoms with Gasteiger partial charge in [0.1, 0.15) is 0 Å². The number of allylic oxidation sites excluding steroid dienone is 2. The highest BCUT2D eigenvalue weighted by Crippen LogP contribution is 2.44. The van der Waals surface area contributed by atoms with E-state index in [9.17, 15) is 0 Å². The molecule has 1 aliphatic heterocycles. The molecule has 1 saturated heterocycles. The van der Waals surface area contributed by atoms with Crippen LogP contribution in [0.5, 0.6) is 0 Å². The summed E-state index contributed by atoms with van der Waals surface area (Å²) in [6, 6.07) is 0. The molecule has 1 saturated carbocycles. The molecule has 1 nitrogen and oxygen atoms in total. The second-order valence-corrected chi connectivity index (χ2v) is 6.30. The Kier molecular flexibility index (Phi) is 3.12. The Labute approximate surface area is 105 Å². The first-order chi connectivity index (χ1) is 8.24. The van der Waals surface area contributed by atoms with Gasteiger partial charge in [0.15, 0.2) is 0 Å². The zero-order valence-electron chi connectivity index (χ0n) is 11.0. The van der Waals surface area contributed by atoms with Gasteiger partial charge in [-0.05, 0) is 57.3 Å². The van der Waals surface area contributed by atoms with Crippen molar-refractivity contribution >= 4 is 0 Å². The molecule has 0 N–H and O–H groups in total. The van der Waals surface area contributed by atoms with E-state index in [1.807, 2.05) is 0 Å². The van der Waals surface area contributed by atoms with Crippen molar-refractivity contribution in [2.24, 2.45) is 17.8 Å². The minimum absolute atomic E-state index is 0.475. The third-order valence-corrected chi connectivity index (χ3v) is 4.99. The van der Waals surface area contributed by atoms with Crippen LogP contribution in [-0.2, 0) is 4.74 Å². The van der Waals surface area contributed by atoms with Crippen LogP contribution in [0.2, 0.25) is 0 Å². The molecular weight excluding hydrogens is 208 g/mol. The average molecular weight is 232 g/mol. The van der Waals surface area contributed by atoms with Crippen LogP contribution in [-0.4, -0.2) is 12.7 Å². The van der Waals surface area contributed by atoms with Crippen molar-refractivity contribution in [1.29, 1.82) is 0 Å². The van der Waals surface area contributed by atoms with Crippen LogP contribution in [0, 0.1) is 17.8 Å². The van der Waals surface area contributed by atoms with Gasteiger partial charge < -0.3 is 4.74 Å². The predicted molar refractivity (Wildman–Crippen MR) is 70.8 cm³/mol. The fourth-order valence-corrected chi connectivity index (χ4v) is 3.99. The Morgan fingerprint density at radius 3 is 3.06 bits per heavy atom. The summed E-state index contributed by atoms with van der Waals surface area (Å²) in [5.41, 5.74) is 3.03. The smallest absolute Gasteiger partial charge is 0.0671 e. The van der Waals surface area contributed by atoms with Gasteiger partial charge in [-0.1, -0.05) is 23.8 Å². The highest BCUT2D eigenvalue weighted by atomic mass is 16.5. The Hall–Kier alpha value is -0.560. The van der Waals surface area contributed by atoms with Crippen molar-refractivity contribution in [1.82, 2.24) is 0 Å². The van der Waals surface area contributed by atoms with E-state index in [4.69, 9.17) is 4.74 Å². The Balaban J connectivity index is 1.74. The summed E-state index contributed by atoms with van der Waals surface area (Å²) >= 11 is 0. The van der Waals surface area contributed by atoms with Crippen molar-refractivity contribution in [3.8, 4) is 0 Å². The lowest BCUT2D eigenvalue weighted by molar-refractivity contribution is -0.0881. The van der Waals surface area contributed by atoms with E-state index in [-0.39, 0.29) is 0 Å². The number of rotatable bonds is 1. The molecule has 0 aromatic heterocycles. The molecule has 0 unspecified atom stereocenters. The van der Waals surface area contributed by atoms with E-state index < -0.39 is 0 Å². The second-order valence-electron chi connectivity index (χ2n) is 6.30. The number of hydrogen-bond acceptors (Lipinski definition) is 1. The zero-order chi connectivity index (χ0) is 11.8. The maximum absolute atomic E-state index is 6.22. The number of fused-ring (bicyclic) bond motifs is 2. The van der Waals surface area contributed by atoms with Gasteiger partial charge in [0.2, 0.25) is 0 Å². The minimum Gasteiger partial charge on any atom is -0.377 e. The van der Waals surface area contributed by atoms with E-state index in [2.05, 4.69) is 19.6 Å². The SMILES string of the molecule is C=C1CC[C@H]2CO[C@H]([C@H]3CCC=C(C)C3)[C@H]1C2. The predicted octanol–water partition coefficient (Wildman–Crippen LogP) is 4.10. The fraction of sp³-hybridized carbons (Fsp3) is 0.750. The normalized spacial score (nSPS) is 42.2. The van der Waals surface area contributed by atoms with Crippen LogP contribution >= 0.6 is 0 Å². The first kappa shape index (κ1) is 11.5. The quantitative estimate of drug-likeness (QED) is 0.618. The molecule has 17 heavy (non-hydrogen) atoms. The van der Waals surface area contributed by atoms with Gasteiger partial charge in [-0.3, -0.25) is 0 Å². The van der Waals surface area contributed by atoms with Crippen molar-refractivity contribution < 1.29 is 4.74 Å². The number of ether oxygens (including phenoxy) is 1. The Morgan fingerprint density at radius 2 is 2.24 bits per heavy atom. The van der Waals surface area contributed by atoms with E-state index in [1.165, 1.54) is 44.1 Å². The molecule has 94 valence electrons. The molecule has 3 rings (SSSR count). The lowest BCUT2D eigenvalue weighted by Gasteiger charge is -2.45. The second kappa shape index (κ2) is 4.61. The molecule has 2 fully saturated rings. The number of hydrogen-bond donors (Lipinski definition) is 0. The van der Waals surface area contributed by atoms with Crippen molar-refractivity contribution in [3.05, 3.63) is 23.8 Å². The monoisotopic (exact) mass is 232 g/mol. The topological polar surface area (TPSA) is 9.23 Å². The minimum atomic E-state index is 0.475. The maximum Gasteiger partial charge on any atom is 0.0671 e. The van der Waals surface area contributed by atoms with Crippen molar-refractivity contribution in [3.63, 3.8) is 0 Å². The first-order valence-corrected chi connectivity index (χ1v) is 7.19. The Bertz CT molecular complexity index is 341. The van der Waals surface area contributed by atoms with Crippen molar-refractivity contribution in [2.45, 2.75) is 51.6 Å². The van der Waals surface area contributed by atoms with E-state index in [0.717, 1.165) is 18.4 Å². The summed E-state index contributed by atoms with van der Waals surface area (Å²) in [6.45, 7) is 7.58. The van der Waals surface area contributed by atoms with E-state index >= 15 is 0 Å². The summed E-state index contributed by atoms with van der Waals surface area (Å²) in [6.07, 6.45) is 10.6. The lowest BCUT2D eigenvalue weighted by atomic mass is 9.69. The summed E-state index contributed by atoms with van der Waals surface area (Å²) < 4.78 is 6.22. The van der Waals surface area contributed by atoms with E-state index in [0.29, 0.717) is 12.0 Å². The van der Waals surface area contributed by atoms with E-state index in [1.54, 1.807) is 5.57 Å². The maximum atomic E-state index is 6.22. The standard InChI is InChI=1S/C16H24O/c1-11-4-3-5-14(8-11)16-15-9-13(10-17-16)7-6-12(15)2/h4,13-16H,2-3,5-10H2,1H3/t13-,14+,15+,16-/m1/s1. The first-order valence-electron chi connectivity index (χ1n) is 7.19. The molecular formula is C16H24O. The molecule has 1 heteroatoms. The molecule has 0 aromatic carbocycles. The molecule has 0 amide bonds. The summed E-state index contributed by atoms with van der Waals surface area (Å²) in [5.74, 6) is 2.24. The van der Waals surface area contributed by atoms with Crippen LogP contribution in [0.25, 0.3) is 0 Å². The van der Waals surface area contributed by atoms with Crippen LogP contribution in [0.15, 0.2) is 23.8 Å². The van der Waals surface area contributed by atoms with Gasteiger partial charge in [0.05, 0.1) is 6.10 Å². The third kappa shape index (κ3) is 2.22. The molecule has 2 bridgehead atoms. The van der Waals surface area contributed by atoms with Gasteiger partial charge in [-0.15, -0.1) is 0 Å². The van der Waals surface area contributed by atoms with Crippen LogP contribution in [0.4, 0.5) is 0 Å². The average Bonchev–Trinajstić information content (AvgIpc) is 2.34.